The summed E-state index contributed by atoms with van der Waals surface area (Å²) in [6, 6.07) is 8.36. The number of benzene rings is 1. The van der Waals surface area contributed by atoms with Gasteiger partial charge in [0.15, 0.2) is 5.11 Å². The Morgan fingerprint density at radius 3 is 1.46 bits per heavy atom. The summed E-state index contributed by atoms with van der Waals surface area (Å²) in [5.74, 6) is 0. The Bertz CT molecular complexity index is 239. The van der Waals surface area contributed by atoms with Gasteiger partial charge in [0.05, 0.1) is 0 Å². The summed E-state index contributed by atoms with van der Waals surface area (Å²) in [4.78, 5) is 0. The van der Waals surface area contributed by atoms with E-state index in [4.69, 9.17) is 0 Å². The van der Waals surface area contributed by atoms with Crippen molar-refractivity contribution >= 4 is 27.2 Å². The SMILES string of the molecule is Cc1ccccc1C.NC(N)=S.P. The Balaban J connectivity index is 0. The first-order chi connectivity index (χ1) is 5.54. The molecule has 1 atom stereocenters. The van der Waals surface area contributed by atoms with E-state index in [0.717, 1.165) is 0 Å². The van der Waals surface area contributed by atoms with E-state index in [2.05, 4.69) is 61.8 Å². The molecule has 1 aromatic carbocycles. The monoisotopic (exact) mass is 216 g/mol. The van der Waals surface area contributed by atoms with Crippen LogP contribution in [0, 0.1) is 13.8 Å². The van der Waals surface area contributed by atoms with Crippen molar-refractivity contribution in [1.29, 1.82) is 0 Å². The van der Waals surface area contributed by atoms with Crippen LogP contribution in [0.3, 0.4) is 0 Å². The largest absolute Gasteiger partial charge is 0.377 e. The summed E-state index contributed by atoms with van der Waals surface area (Å²) in [6.07, 6.45) is 0. The molecule has 0 aliphatic rings. The molecule has 4 heteroatoms. The molecule has 0 spiro atoms. The molecule has 0 amide bonds. The summed E-state index contributed by atoms with van der Waals surface area (Å²) in [6.45, 7) is 4.24. The molecule has 0 saturated heterocycles. The Morgan fingerprint density at radius 1 is 1.08 bits per heavy atom. The minimum Gasteiger partial charge on any atom is -0.377 e. The zero-order valence-corrected chi connectivity index (χ0v) is 10.3. The molecule has 0 heterocycles. The molecule has 2 nitrogen and oxygen atoms in total. The van der Waals surface area contributed by atoms with Gasteiger partial charge in [0.2, 0.25) is 0 Å². The van der Waals surface area contributed by atoms with Crippen molar-refractivity contribution in [3.63, 3.8) is 0 Å². The lowest BCUT2D eigenvalue weighted by molar-refractivity contribution is 1.34. The maximum Gasteiger partial charge on any atom is 0.160 e. The van der Waals surface area contributed by atoms with Gasteiger partial charge in [0.1, 0.15) is 0 Å². The molecular formula is C9H17N2PS. The Labute approximate surface area is 88.3 Å². The van der Waals surface area contributed by atoms with E-state index in [1.807, 2.05) is 0 Å². The van der Waals surface area contributed by atoms with E-state index in [-0.39, 0.29) is 15.0 Å². The van der Waals surface area contributed by atoms with Crippen LogP contribution in [-0.2, 0) is 0 Å². The van der Waals surface area contributed by atoms with Crippen molar-refractivity contribution in [2.24, 2.45) is 11.5 Å². The molecule has 0 saturated carbocycles. The average molecular weight is 216 g/mol. The molecule has 0 radical (unpaired) electrons. The fourth-order valence-electron chi connectivity index (χ4n) is 0.663. The van der Waals surface area contributed by atoms with Crippen LogP contribution in [0.4, 0.5) is 0 Å². The second-order valence-electron chi connectivity index (χ2n) is 2.49. The molecule has 0 bridgehead atoms. The van der Waals surface area contributed by atoms with Gasteiger partial charge in [-0.2, -0.15) is 9.90 Å². The number of hydrogen-bond acceptors (Lipinski definition) is 1. The first-order valence-electron chi connectivity index (χ1n) is 3.61. The summed E-state index contributed by atoms with van der Waals surface area (Å²) in [5.41, 5.74) is 12.0. The molecule has 1 rings (SSSR count). The van der Waals surface area contributed by atoms with Crippen molar-refractivity contribution in [1.82, 2.24) is 0 Å². The van der Waals surface area contributed by atoms with Gasteiger partial charge in [-0.1, -0.05) is 24.3 Å². The van der Waals surface area contributed by atoms with Crippen LogP contribution in [0.25, 0.3) is 0 Å². The van der Waals surface area contributed by atoms with E-state index in [0.29, 0.717) is 0 Å². The molecular weight excluding hydrogens is 199 g/mol. The highest BCUT2D eigenvalue weighted by atomic mass is 32.1. The van der Waals surface area contributed by atoms with E-state index >= 15 is 0 Å². The van der Waals surface area contributed by atoms with Gasteiger partial charge in [0.25, 0.3) is 0 Å². The predicted octanol–water partition coefficient (Wildman–Crippen LogP) is 1.55. The van der Waals surface area contributed by atoms with Crippen LogP contribution in [0.5, 0.6) is 0 Å². The second kappa shape index (κ2) is 7.96. The maximum absolute atomic E-state index is 4.62. The minimum atomic E-state index is 0. The number of hydrogen-bond donors (Lipinski definition) is 2. The van der Waals surface area contributed by atoms with Crippen molar-refractivity contribution in [3.05, 3.63) is 35.4 Å². The van der Waals surface area contributed by atoms with Crippen molar-refractivity contribution in [2.45, 2.75) is 13.8 Å². The zero-order chi connectivity index (χ0) is 9.56. The number of thiocarbonyl (C=S) groups is 1. The number of aryl methyl sites for hydroxylation is 2. The highest BCUT2D eigenvalue weighted by Crippen LogP contribution is 2.02. The lowest BCUT2D eigenvalue weighted by Gasteiger charge is -1.93. The topological polar surface area (TPSA) is 52.0 Å². The van der Waals surface area contributed by atoms with Crippen LogP contribution >= 0.6 is 22.1 Å². The van der Waals surface area contributed by atoms with Crippen LogP contribution in [0.2, 0.25) is 0 Å². The predicted molar refractivity (Wildman–Crippen MR) is 68.0 cm³/mol. The van der Waals surface area contributed by atoms with Gasteiger partial charge in [0, 0.05) is 0 Å². The molecule has 1 unspecified atom stereocenters. The van der Waals surface area contributed by atoms with Gasteiger partial charge in [-0.25, -0.2) is 0 Å². The molecule has 0 fully saturated rings. The van der Waals surface area contributed by atoms with Gasteiger partial charge in [-0.05, 0) is 37.2 Å². The van der Waals surface area contributed by atoms with Crippen LogP contribution in [-0.4, -0.2) is 5.11 Å². The molecule has 4 N–H and O–H groups in total. The summed E-state index contributed by atoms with van der Waals surface area (Å²) < 4.78 is 0. The highest BCUT2D eigenvalue weighted by molar-refractivity contribution is 7.80. The molecule has 1 aromatic rings. The summed E-state index contributed by atoms with van der Waals surface area (Å²) in [5, 5.41) is 0.000000000000000222. The fourth-order valence-corrected chi connectivity index (χ4v) is 0.663. The number of nitrogens with two attached hydrogens (primary N) is 2. The fraction of sp³-hybridized carbons (Fsp3) is 0.222. The molecule has 74 valence electrons. The lowest BCUT2D eigenvalue weighted by Crippen LogP contribution is -2.18. The van der Waals surface area contributed by atoms with Gasteiger partial charge < -0.3 is 11.5 Å². The van der Waals surface area contributed by atoms with Crippen molar-refractivity contribution in [2.75, 3.05) is 0 Å². The normalized spacial score (nSPS) is 7.54. The standard InChI is InChI=1S/C8H10.CH4N2S.H3P/c1-7-5-3-4-6-8(7)2;2-1(3)4;/h3-6H,1-2H3;(H4,2,3,4);1H3. The van der Waals surface area contributed by atoms with E-state index in [1.54, 1.807) is 0 Å². The van der Waals surface area contributed by atoms with Gasteiger partial charge in [-0.3, -0.25) is 0 Å². The molecule has 13 heavy (non-hydrogen) atoms. The lowest BCUT2D eigenvalue weighted by atomic mass is 10.1. The van der Waals surface area contributed by atoms with E-state index in [1.165, 1.54) is 11.1 Å². The Hall–Kier alpha value is -0.660. The zero-order valence-electron chi connectivity index (χ0n) is 8.08. The van der Waals surface area contributed by atoms with Crippen molar-refractivity contribution in [3.8, 4) is 0 Å². The quantitative estimate of drug-likeness (QED) is 0.511. The Morgan fingerprint density at radius 2 is 1.31 bits per heavy atom. The summed E-state index contributed by atoms with van der Waals surface area (Å²) >= 11 is 4.09. The third-order valence-corrected chi connectivity index (χ3v) is 1.43. The highest BCUT2D eigenvalue weighted by Gasteiger charge is 1.83. The van der Waals surface area contributed by atoms with E-state index < -0.39 is 0 Å². The Kier molecular flexibility index (Phi) is 9.09. The molecule has 0 aromatic heterocycles. The third kappa shape index (κ3) is 9.25. The minimum absolute atomic E-state index is 0. The van der Waals surface area contributed by atoms with E-state index in [9.17, 15) is 0 Å². The number of rotatable bonds is 0. The average Bonchev–Trinajstić information content (AvgIpc) is 1.94. The van der Waals surface area contributed by atoms with Crippen LogP contribution in [0.1, 0.15) is 11.1 Å². The second-order valence-corrected chi connectivity index (χ2v) is 2.96. The van der Waals surface area contributed by atoms with Gasteiger partial charge >= 0.3 is 0 Å². The third-order valence-electron chi connectivity index (χ3n) is 1.43. The maximum atomic E-state index is 4.62. The molecule has 0 aliphatic carbocycles. The summed E-state index contributed by atoms with van der Waals surface area (Å²) in [7, 11) is 0. The van der Waals surface area contributed by atoms with Crippen LogP contribution in [0.15, 0.2) is 24.3 Å². The van der Waals surface area contributed by atoms with Crippen LogP contribution < -0.4 is 11.5 Å². The first-order valence-corrected chi connectivity index (χ1v) is 4.02. The van der Waals surface area contributed by atoms with Crippen molar-refractivity contribution < 1.29 is 0 Å². The molecule has 0 aliphatic heterocycles. The smallest absolute Gasteiger partial charge is 0.160 e. The first kappa shape index (κ1) is 14.8. The van der Waals surface area contributed by atoms with Gasteiger partial charge in [-0.15, -0.1) is 0 Å².